The number of hydrogen-bond acceptors (Lipinski definition) is 14. The van der Waals surface area contributed by atoms with Gasteiger partial charge in [0.15, 0.2) is 5.60 Å². The topological polar surface area (TPSA) is 228 Å². The van der Waals surface area contributed by atoms with Crippen molar-refractivity contribution in [2.45, 2.75) is 80.6 Å². The van der Waals surface area contributed by atoms with Gasteiger partial charge in [0.05, 0.1) is 30.5 Å². The molecule has 0 aromatic heterocycles. The lowest BCUT2D eigenvalue weighted by molar-refractivity contribution is -0.322. The average molecular weight is 744 g/mol. The van der Waals surface area contributed by atoms with Gasteiger partial charge in [-0.05, 0) is 31.0 Å². The van der Waals surface area contributed by atoms with Crippen LogP contribution in [0.2, 0.25) is 0 Å². The molecule has 17 heteroatoms. The summed E-state index contributed by atoms with van der Waals surface area (Å²) < 4.78 is 69.0. The number of fused-ring (bicyclic) bond motifs is 2. The van der Waals surface area contributed by atoms with E-state index < -0.39 is 98.7 Å². The fourth-order valence-corrected chi connectivity index (χ4v) is 12.3. The van der Waals surface area contributed by atoms with Gasteiger partial charge in [0, 0.05) is 83.0 Å². The van der Waals surface area contributed by atoms with E-state index in [0.29, 0.717) is 25.1 Å². The number of aliphatic hydroxyl groups is 3. The second kappa shape index (κ2) is 13.2. The number of piperidine rings is 1. The minimum absolute atomic E-state index is 0.0791. The van der Waals surface area contributed by atoms with Gasteiger partial charge in [-0.3, -0.25) is 18.8 Å². The molecule has 1 aromatic carbocycles. The summed E-state index contributed by atoms with van der Waals surface area (Å²) in [4.78, 5) is 29.3. The number of methoxy groups -OCH3 is 4. The largest absolute Gasteiger partial charge is 0.455 e. The number of hydrogen-bond donors (Lipinski definition) is 5. The molecule has 7 bridgehead atoms. The van der Waals surface area contributed by atoms with Gasteiger partial charge in [-0.15, -0.1) is 0 Å². The van der Waals surface area contributed by atoms with Gasteiger partial charge in [-0.2, -0.15) is 8.42 Å². The van der Waals surface area contributed by atoms with Crippen LogP contribution in [-0.4, -0.2) is 152 Å². The van der Waals surface area contributed by atoms with Crippen LogP contribution in [0.4, 0.5) is 0 Å². The lowest BCUT2D eigenvalue weighted by atomic mass is 9.42. The van der Waals surface area contributed by atoms with Crippen LogP contribution in [0, 0.1) is 34.5 Å². The molecule has 16 nitrogen and oxygen atoms in total. The third kappa shape index (κ3) is 5.18. The van der Waals surface area contributed by atoms with Crippen molar-refractivity contribution in [1.82, 2.24) is 4.90 Å². The van der Waals surface area contributed by atoms with Crippen LogP contribution < -0.4 is 0 Å². The molecular weight excluding hydrogens is 694 g/mol. The van der Waals surface area contributed by atoms with Crippen LogP contribution in [0.5, 0.6) is 0 Å². The van der Waals surface area contributed by atoms with Crippen LogP contribution in [0.1, 0.15) is 37.0 Å². The molecule has 7 rings (SSSR count). The summed E-state index contributed by atoms with van der Waals surface area (Å²) in [5, 5.41) is 37.3. The minimum atomic E-state index is -4.67. The number of esters is 2. The van der Waals surface area contributed by atoms with Crippen molar-refractivity contribution in [3.05, 3.63) is 35.9 Å². The monoisotopic (exact) mass is 743 g/mol. The number of likely N-dealkylation sites (tertiary alicyclic amines) is 1. The van der Waals surface area contributed by atoms with Crippen molar-refractivity contribution in [3.8, 4) is 0 Å². The average Bonchev–Trinajstić information content (AvgIpc) is 3.44. The Balaban J connectivity index is 0.000000839. The van der Waals surface area contributed by atoms with E-state index in [-0.39, 0.29) is 25.0 Å². The molecule has 0 radical (unpaired) electrons. The molecule has 286 valence electrons. The fourth-order valence-electron chi connectivity index (χ4n) is 12.3. The quantitative estimate of drug-likeness (QED) is 0.166. The molecule has 5 saturated carbocycles. The molecule has 51 heavy (non-hydrogen) atoms. The van der Waals surface area contributed by atoms with Gasteiger partial charge < -0.3 is 43.7 Å². The standard InChI is InChI=1S/C34H47NO11.H2O4S/c1-7-35-15-31(16-41-3)20(37)13-21(42-4)33-19-14-32(40)28(45-30(39)18-11-9-8-10-12-18)22(19)34(46-17(2)36,27(38)29(32)44-6)23(26(33)35)24(43-5)25(31)33;1-5(2,3)4/h8-12,19-29,37-38,40H,7,13-16H2,1-6H3;(H2,1,2,3,4)/t19-,20-,21+,22-,23+,24+,25-,26?,27+,28-,29+,31+,32-,33+,34-;/m1./s1. The van der Waals surface area contributed by atoms with E-state index in [0.717, 1.165) is 0 Å². The normalized spacial score (nSPS) is 46.1. The van der Waals surface area contributed by atoms with E-state index in [2.05, 4.69) is 4.90 Å². The number of carbonyl (C=O) groups is 2. The second-order valence-electron chi connectivity index (χ2n) is 14.9. The van der Waals surface area contributed by atoms with Crippen LogP contribution in [0.25, 0.3) is 0 Å². The number of carbonyl (C=O) groups excluding carboxylic acids is 2. The molecular formula is C34H49NO15S. The molecule has 1 aromatic rings. The Kier molecular flexibility index (Phi) is 9.97. The first-order chi connectivity index (χ1) is 24.0. The number of aliphatic hydroxyl groups excluding tert-OH is 2. The van der Waals surface area contributed by atoms with Crippen molar-refractivity contribution in [1.29, 1.82) is 0 Å². The SMILES string of the molecule is CCN1C[C@]2(COC)[C@H](O)C[C@H](OC)[C@]34C1[C@H]([C@H](OC)[C@H]23)[C@]1(OC(C)=O)[C@H]2[C@@H](OC(=O)c3ccccc3)[C@](O)(C[C@H]24)[C@@H](OC)[C@@H]1O.O=S(=O)(O)O. The molecule has 5 aliphatic carbocycles. The molecule has 5 N–H and O–H groups in total. The molecule has 1 spiro atoms. The van der Waals surface area contributed by atoms with Gasteiger partial charge in [-0.25, -0.2) is 4.79 Å². The van der Waals surface area contributed by atoms with E-state index in [9.17, 15) is 24.9 Å². The molecule has 6 aliphatic rings. The fraction of sp³-hybridized carbons (Fsp3) is 0.765. The highest BCUT2D eigenvalue weighted by Crippen LogP contribution is 2.80. The summed E-state index contributed by atoms with van der Waals surface area (Å²) >= 11 is 0. The van der Waals surface area contributed by atoms with Crippen molar-refractivity contribution in [3.63, 3.8) is 0 Å². The summed E-state index contributed by atoms with van der Waals surface area (Å²) in [6.07, 6.45) is -5.49. The summed E-state index contributed by atoms with van der Waals surface area (Å²) in [6, 6.07) is 8.18. The Labute approximate surface area is 296 Å². The number of rotatable bonds is 9. The second-order valence-corrected chi connectivity index (χ2v) is 15.8. The Morgan fingerprint density at radius 2 is 1.63 bits per heavy atom. The van der Waals surface area contributed by atoms with E-state index >= 15 is 0 Å². The molecule has 15 atom stereocenters. The summed E-state index contributed by atoms with van der Waals surface area (Å²) in [5.41, 5.74) is -4.79. The van der Waals surface area contributed by atoms with Crippen LogP contribution in [0.15, 0.2) is 30.3 Å². The van der Waals surface area contributed by atoms with Crippen LogP contribution in [-0.2, 0) is 43.6 Å². The number of nitrogens with zero attached hydrogens (tertiary/aromatic N) is 1. The van der Waals surface area contributed by atoms with Crippen molar-refractivity contribution in [2.75, 3.05) is 48.1 Å². The van der Waals surface area contributed by atoms with Gasteiger partial charge in [-0.1, -0.05) is 25.1 Å². The van der Waals surface area contributed by atoms with E-state index in [1.54, 1.807) is 51.7 Å². The van der Waals surface area contributed by atoms with E-state index in [1.165, 1.54) is 14.0 Å². The molecule has 1 unspecified atom stereocenters. The molecule has 0 amide bonds. The predicted octanol–water partition coefficient (Wildman–Crippen LogP) is -0.00470. The molecule has 1 heterocycles. The maximum absolute atomic E-state index is 13.8. The zero-order valence-electron chi connectivity index (χ0n) is 29.4. The summed E-state index contributed by atoms with van der Waals surface area (Å²) in [5.74, 6) is -3.65. The smallest absolute Gasteiger partial charge is 0.394 e. The van der Waals surface area contributed by atoms with Crippen LogP contribution >= 0.6 is 0 Å². The van der Waals surface area contributed by atoms with Crippen molar-refractivity contribution in [2.24, 2.45) is 34.5 Å². The highest BCUT2D eigenvalue weighted by molar-refractivity contribution is 7.79. The lowest BCUT2D eigenvalue weighted by Crippen LogP contribution is -2.81. The summed E-state index contributed by atoms with van der Waals surface area (Å²) in [7, 11) is 1.60. The minimum Gasteiger partial charge on any atom is -0.455 e. The van der Waals surface area contributed by atoms with E-state index in [4.69, 9.17) is 45.9 Å². The van der Waals surface area contributed by atoms with E-state index in [1.807, 2.05) is 6.92 Å². The first kappa shape index (κ1) is 38.4. The number of benzene rings is 1. The van der Waals surface area contributed by atoms with Gasteiger partial charge in [0.2, 0.25) is 0 Å². The maximum Gasteiger partial charge on any atom is 0.394 e. The Bertz CT molecular complexity index is 1590. The first-order valence-electron chi connectivity index (χ1n) is 17.0. The van der Waals surface area contributed by atoms with Crippen molar-refractivity contribution >= 4 is 22.3 Å². The third-order valence-corrected chi connectivity index (χ3v) is 13.2. The third-order valence-electron chi connectivity index (χ3n) is 13.2. The molecule has 6 fully saturated rings. The predicted molar refractivity (Wildman–Crippen MR) is 175 cm³/mol. The maximum atomic E-state index is 13.8. The Hall–Kier alpha value is -2.29. The van der Waals surface area contributed by atoms with Gasteiger partial charge in [0.25, 0.3) is 0 Å². The molecule has 1 aliphatic heterocycles. The van der Waals surface area contributed by atoms with Gasteiger partial charge >= 0.3 is 22.3 Å². The Morgan fingerprint density at radius 1 is 0.980 bits per heavy atom. The first-order valence-corrected chi connectivity index (χ1v) is 18.4. The zero-order chi connectivity index (χ0) is 37.5. The highest BCUT2D eigenvalue weighted by atomic mass is 32.3. The van der Waals surface area contributed by atoms with Gasteiger partial charge in [0.1, 0.15) is 23.9 Å². The molecule has 1 saturated heterocycles. The van der Waals surface area contributed by atoms with Crippen molar-refractivity contribution < 1.29 is 70.9 Å². The van der Waals surface area contributed by atoms with Crippen LogP contribution in [0.3, 0.4) is 0 Å². The Morgan fingerprint density at radius 3 is 2.16 bits per heavy atom. The number of ether oxygens (including phenoxy) is 6. The highest BCUT2D eigenvalue weighted by Gasteiger charge is 2.92. The lowest BCUT2D eigenvalue weighted by Gasteiger charge is -2.70. The summed E-state index contributed by atoms with van der Waals surface area (Å²) in [6.45, 7) is 4.68. The zero-order valence-corrected chi connectivity index (χ0v) is 30.3.